The van der Waals surface area contributed by atoms with Crippen LogP contribution in [0.25, 0.3) is 6.08 Å². The van der Waals surface area contributed by atoms with E-state index in [9.17, 15) is 4.79 Å². The summed E-state index contributed by atoms with van der Waals surface area (Å²) in [7, 11) is 0. The minimum absolute atomic E-state index is 0.262. The molecular formula is C18H16N2O. The summed E-state index contributed by atoms with van der Waals surface area (Å²) in [6.45, 7) is 2.13. The van der Waals surface area contributed by atoms with Crippen LogP contribution in [0.1, 0.15) is 21.5 Å². The van der Waals surface area contributed by atoms with Gasteiger partial charge in [-0.05, 0) is 24.1 Å². The van der Waals surface area contributed by atoms with Crippen molar-refractivity contribution in [2.75, 3.05) is 6.54 Å². The van der Waals surface area contributed by atoms with Crippen molar-refractivity contribution in [1.82, 2.24) is 4.90 Å². The largest absolute Gasteiger partial charge is 0.268 e. The zero-order valence-corrected chi connectivity index (χ0v) is 11.9. The van der Waals surface area contributed by atoms with Gasteiger partial charge in [-0.2, -0.15) is 5.26 Å². The summed E-state index contributed by atoms with van der Waals surface area (Å²) in [5, 5.41) is 9.17. The molecule has 3 nitrogen and oxygen atoms in total. The summed E-state index contributed by atoms with van der Waals surface area (Å²) in [6.07, 6.45) is 5.66. The van der Waals surface area contributed by atoms with Crippen molar-refractivity contribution in [3.05, 3.63) is 77.4 Å². The normalized spacial score (nSPS) is 10.3. The number of nitriles is 1. The van der Waals surface area contributed by atoms with Crippen molar-refractivity contribution in [1.29, 1.82) is 5.26 Å². The average Bonchev–Trinajstić information content (AvgIpc) is 2.52. The van der Waals surface area contributed by atoms with E-state index in [1.54, 1.807) is 12.1 Å². The number of carbonyl (C=O) groups excluding carboxylic acids is 1. The average molecular weight is 276 g/mol. The Morgan fingerprint density at radius 1 is 1.14 bits per heavy atom. The SMILES string of the molecule is Cc1ccccc1C(=O)N(C#N)C/C=C/c1ccccc1. The Labute approximate surface area is 124 Å². The summed E-state index contributed by atoms with van der Waals surface area (Å²) in [4.78, 5) is 13.5. The van der Waals surface area contributed by atoms with Crippen LogP contribution in [0, 0.1) is 18.4 Å². The second-order valence-electron chi connectivity index (χ2n) is 4.64. The van der Waals surface area contributed by atoms with Crippen molar-refractivity contribution < 1.29 is 4.79 Å². The van der Waals surface area contributed by atoms with Gasteiger partial charge >= 0.3 is 0 Å². The molecule has 3 heteroatoms. The number of aryl methyl sites for hydroxylation is 1. The predicted octanol–water partition coefficient (Wildman–Crippen LogP) is 3.63. The number of carbonyl (C=O) groups is 1. The Morgan fingerprint density at radius 2 is 1.81 bits per heavy atom. The van der Waals surface area contributed by atoms with Gasteiger partial charge in [-0.1, -0.05) is 60.7 Å². The highest BCUT2D eigenvalue weighted by atomic mass is 16.2. The quantitative estimate of drug-likeness (QED) is 0.632. The summed E-state index contributed by atoms with van der Waals surface area (Å²) in [5.41, 5.74) is 2.47. The summed E-state index contributed by atoms with van der Waals surface area (Å²) in [5.74, 6) is -0.270. The maximum Gasteiger partial charge on any atom is 0.267 e. The zero-order chi connectivity index (χ0) is 15.1. The lowest BCUT2D eigenvalue weighted by atomic mass is 10.1. The molecule has 0 bridgehead atoms. The highest BCUT2D eigenvalue weighted by molar-refractivity contribution is 5.96. The van der Waals surface area contributed by atoms with Crippen LogP contribution in [0.2, 0.25) is 0 Å². The molecule has 0 saturated carbocycles. The van der Waals surface area contributed by atoms with Crippen molar-refractivity contribution in [3.8, 4) is 6.19 Å². The molecule has 0 atom stereocenters. The first-order valence-corrected chi connectivity index (χ1v) is 6.71. The van der Waals surface area contributed by atoms with Crippen molar-refractivity contribution in [2.24, 2.45) is 0 Å². The first-order valence-electron chi connectivity index (χ1n) is 6.71. The molecular weight excluding hydrogens is 260 g/mol. The molecule has 0 spiro atoms. The Balaban J connectivity index is 2.07. The molecule has 21 heavy (non-hydrogen) atoms. The molecule has 0 N–H and O–H groups in total. The zero-order valence-electron chi connectivity index (χ0n) is 11.9. The van der Waals surface area contributed by atoms with Gasteiger partial charge in [0.25, 0.3) is 5.91 Å². The molecule has 0 radical (unpaired) electrons. The lowest BCUT2D eigenvalue weighted by molar-refractivity contribution is 0.0844. The van der Waals surface area contributed by atoms with Crippen molar-refractivity contribution in [2.45, 2.75) is 6.92 Å². The van der Waals surface area contributed by atoms with E-state index in [-0.39, 0.29) is 12.5 Å². The van der Waals surface area contributed by atoms with Gasteiger partial charge in [-0.25, -0.2) is 4.90 Å². The van der Waals surface area contributed by atoms with Gasteiger partial charge in [0.15, 0.2) is 6.19 Å². The Hall–Kier alpha value is -2.86. The van der Waals surface area contributed by atoms with Crippen LogP contribution in [0.3, 0.4) is 0 Å². The van der Waals surface area contributed by atoms with E-state index >= 15 is 0 Å². The smallest absolute Gasteiger partial charge is 0.267 e. The van der Waals surface area contributed by atoms with Gasteiger partial charge in [0.2, 0.25) is 0 Å². The number of rotatable bonds is 4. The minimum atomic E-state index is -0.270. The molecule has 0 heterocycles. The molecule has 1 amide bonds. The molecule has 0 aliphatic rings. The second-order valence-corrected chi connectivity index (χ2v) is 4.64. The molecule has 0 unspecified atom stereocenters. The third kappa shape index (κ3) is 3.80. The monoisotopic (exact) mass is 276 g/mol. The highest BCUT2D eigenvalue weighted by Crippen LogP contribution is 2.10. The fourth-order valence-corrected chi connectivity index (χ4v) is 1.99. The standard InChI is InChI=1S/C18H16N2O/c1-15-8-5-6-12-17(15)18(21)20(14-19)13-7-11-16-9-3-2-4-10-16/h2-12H,13H2,1H3/b11-7+. The van der Waals surface area contributed by atoms with E-state index in [4.69, 9.17) is 5.26 Å². The fraction of sp³-hybridized carbons (Fsp3) is 0.111. The lowest BCUT2D eigenvalue weighted by Crippen LogP contribution is -2.26. The van der Waals surface area contributed by atoms with Gasteiger partial charge < -0.3 is 0 Å². The fourth-order valence-electron chi connectivity index (χ4n) is 1.99. The van der Waals surface area contributed by atoms with Crippen LogP contribution in [-0.4, -0.2) is 17.4 Å². The molecule has 0 aromatic heterocycles. The summed E-state index contributed by atoms with van der Waals surface area (Å²) >= 11 is 0. The van der Waals surface area contributed by atoms with E-state index in [0.717, 1.165) is 16.0 Å². The molecule has 0 aliphatic carbocycles. The highest BCUT2D eigenvalue weighted by Gasteiger charge is 2.15. The Kier molecular flexibility index (Phi) is 4.89. The number of benzene rings is 2. The van der Waals surface area contributed by atoms with Crippen LogP contribution in [0.4, 0.5) is 0 Å². The Morgan fingerprint density at radius 3 is 2.48 bits per heavy atom. The summed E-state index contributed by atoms with van der Waals surface area (Å²) in [6, 6.07) is 17.0. The molecule has 2 aromatic rings. The first-order chi connectivity index (χ1) is 10.2. The first kappa shape index (κ1) is 14.5. The molecule has 0 saturated heterocycles. The van der Waals surface area contributed by atoms with E-state index < -0.39 is 0 Å². The number of hydrogen-bond acceptors (Lipinski definition) is 2. The van der Waals surface area contributed by atoms with Gasteiger partial charge in [-0.3, -0.25) is 4.79 Å². The maximum absolute atomic E-state index is 12.3. The second kappa shape index (κ2) is 7.06. The number of amides is 1. The van der Waals surface area contributed by atoms with Crippen molar-refractivity contribution >= 4 is 12.0 Å². The van der Waals surface area contributed by atoms with Gasteiger partial charge in [-0.15, -0.1) is 0 Å². The molecule has 104 valence electrons. The van der Waals surface area contributed by atoms with Crippen LogP contribution in [0.15, 0.2) is 60.7 Å². The van der Waals surface area contributed by atoms with Crippen LogP contribution >= 0.6 is 0 Å². The van der Waals surface area contributed by atoms with Crippen LogP contribution in [0.5, 0.6) is 0 Å². The van der Waals surface area contributed by atoms with Crippen LogP contribution in [-0.2, 0) is 0 Å². The molecule has 0 aliphatic heterocycles. The Bertz CT molecular complexity index is 684. The van der Waals surface area contributed by atoms with E-state index in [1.165, 1.54) is 0 Å². The van der Waals surface area contributed by atoms with Crippen LogP contribution < -0.4 is 0 Å². The molecule has 0 fully saturated rings. The van der Waals surface area contributed by atoms with E-state index in [1.807, 2.05) is 67.7 Å². The summed E-state index contributed by atoms with van der Waals surface area (Å²) < 4.78 is 0. The predicted molar refractivity (Wildman–Crippen MR) is 83.3 cm³/mol. The van der Waals surface area contributed by atoms with Gasteiger partial charge in [0.1, 0.15) is 0 Å². The molecule has 2 aromatic carbocycles. The molecule has 2 rings (SSSR count). The van der Waals surface area contributed by atoms with Gasteiger partial charge in [0.05, 0.1) is 6.54 Å². The van der Waals surface area contributed by atoms with E-state index in [2.05, 4.69) is 0 Å². The number of nitrogens with zero attached hydrogens (tertiary/aromatic N) is 2. The van der Waals surface area contributed by atoms with Gasteiger partial charge in [0, 0.05) is 5.56 Å². The van der Waals surface area contributed by atoms with Crippen molar-refractivity contribution in [3.63, 3.8) is 0 Å². The third-order valence-electron chi connectivity index (χ3n) is 3.14. The third-order valence-corrected chi connectivity index (χ3v) is 3.14. The number of hydrogen-bond donors (Lipinski definition) is 0. The topological polar surface area (TPSA) is 44.1 Å². The van der Waals surface area contributed by atoms with E-state index in [0.29, 0.717) is 5.56 Å². The minimum Gasteiger partial charge on any atom is -0.268 e. The maximum atomic E-state index is 12.3. The lowest BCUT2D eigenvalue weighted by Gasteiger charge is -2.12.